The predicted molar refractivity (Wildman–Crippen MR) is 110 cm³/mol. The van der Waals surface area contributed by atoms with E-state index in [4.69, 9.17) is 4.74 Å². The zero-order valence-corrected chi connectivity index (χ0v) is 17.1. The number of unbranched alkanes of at least 4 members (excludes halogenated alkanes) is 2. The molecule has 0 radical (unpaired) electrons. The van der Waals surface area contributed by atoms with Crippen LogP contribution in [0.25, 0.3) is 6.08 Å². The first-order chi connectivity index (χ1) is 12.4. The lowest BCUT2D eigenvalue weighted by molar-refractivity contribution is -0.148. The first-order valence-corrected chi connectivity index (χ1v) is 10.4. The Morgan fingerprint density at radius 1 is 1.08 bits per heavy atom. The van der Waals surface area contributed by atoms with Crippen LogP contribution in [0.5, 0.6) is 0 Å². The molecule has 0 unspecified atom stereocenters. The van der Waals surface area contributed by atoms with E-state index >= 15 is 0 Å². The first kappa shape index (κ1) is 20.7. The summed E-state index contributed by atoms with van der Waals surface area (Å²) in [5, 5.41) is 0. The van der Waals surface area contributed by atoms with Gasteiger partial charge in [0.1, 0.15) is 5.60 Å². The van der Waals surface area contributed by atoms with Crippen molar-refractivity contribution in [3.63, 3.8) is 0 Å². The van der Waals surface area contributed by atoms with Crippen LogP contribution >= 0.6 is 0 Å². The normalized spacial score (nSPS) is 21.1. The van der Waals surface area contributed by atoms with Gasteiger partial charge < -0.3 is 4.74 Å². The minimum Gasteiger partial charge on any atom is -0.457 e. The summed E-state index contributed by atoms with van der Waals surface area (Å²) < 4.78 is 5.30. The van der Waals surface area contributed by atoms with Gasteiger partial charge in [-0.2, -0.15) is 0 Å². The molecule has 144 valence electrons. The molecule has 1 aliphatic carbocycles. The van der Waals surface area contributed by atoms with E-state index in [1.165, 1.54) is 63.0 Å². The van der Waals surface area contributed by atoms with E-state index in [9.17, 15) is 4.79 Å². The summed E-state index contributed by atoms with van der Waals surface area (Å²) in [7, 11) is 0. The third-order valence-corrected chi connectivity index (χ3v) is 5.29. The fourth-order valence-corrected chi connectivity index (χ4v) is 3.85. The molecule has 0 atom stereocenters. The van der Waals surface area contributed by atoms with Crippen LogP contribution in [0, 0.1) is 5.92 Å². The highest BCUT2D eigenvalue weighted by atomic mass is 16.6. The molecule has 1 aromatic carbocycles. The smallest absolute Gasteiger partial charge is 0.331 e. The summed E-state index contributed by atoms with van der Waals surface area (Å²) in [4.78, 5) is 11.8. The molecule has 2 heteroatoms. The van der Waals surface area contributed by atoms with E-state index in [0.29, 0.717) is 5.92 Å². The average molecular weight is 357 g/mol. The van der Waals surface area contributed by atoms with Crippen LogP contribution < -0.4 is 0 Å². The molecule has 0 aromatic heterocycles. The summed E-state index contributed by atoms with van der Waals surface area (Å²) >= 11 is 0. The Hall–Kier alpha value is -1.57. The van der Waals surface area contributed by atoms with E-state index in [1.807, 2.05) is 26.8 Å². The van der Waals surface area contributed by atoms with E-state index in [1.54, 1.807) is 0 Å². The SMILES string of the molecule is CCCCCC1CCC(c2ccc(/C=C/C(=O)OC(C)(C)C)cc2)CC1. The minimum atomic E-state index is -0.444. The fourth-order valence-electron chi connectivity index (χ4n) is 3.85. The fraction of sp³-hybridized carbons (Fsp3) is 0.625. The maximum absolute atomic E-state index is 11.8. The molecule has 26 heavy (non-hydrogen) atoms. The van der Waals surface area contributed by atoms with Crippen molar-refractivity contribution in [3.05, 3.63) is 41.5 Å². The maximum Gasteiger partial charge on any atom is 0.331 e. The van der Waals surface area contributed by atoms with Gasteiger partial charge in [-0.25, -0.2) is 4.79 Å². The van der Waals surface area contributed by atoms with E-state index in [-0.39, 0.29) is 5.97 Å². The number of carbonyl (C=O) groups excluding carboxylic acids is 1. The van der Waals surface area contributed by atoms with Crippen molar-refractivity contribution in [2.75, 3.05) is 0 Å². The van der Waals surface area contributed by atoms with Crippen molar-refractivity contribution in [1.29, 1.82) is 0 Å². The highest BCUT2D eigenvalue weighted by Gasteiger charge is 2.21. The van der Waals surface area contributed by atoms with Crippen LogP contribution in [0.1, 0.15) is 96.1 Å². The number of carbonyl (C=O) groups is 1. The van der Waals surface area contributed by atoms with E-state index in [2.05, 4.69) is 31.2 Å². The molecule has 0 bridgehead atoms. The Morgan fingerprint density at radius 2 is 1.73 bits per heavy atom. The summed E-state index contributed by atoms with van der Waals surface area (Å²) in [6.45, 7) is 7.92. The number of ether oxygens (including phenoxy) is 1. The minimum absolute atomic E-state index is 0.289. The molecule has 0 aliphatic heterocycles. The largest absolute Gasteiger partial charge is 0.457 e. The molecule has 2 rings (SSSR count). The quantitative estimate of drug-likeness (QED) is 0.302. The third kappa shape index (κ3) is 7.35. The van der Waals surface area contributed by atoms with Crippen molar-refractivity contribution in [3.8, 4) is 0 Å². The van der Waals surface area contributed by atoms with Crippen LogP contribution in [0.2, 0.25) is 0 Å². The lowest BCUT2D eigenvalue weighted by atomic mass is 9.77. The summed E-state index contributed by atoms with van der Waals surface area (Å²) in [6, 6.07) is 8.70. The van der Waals surface area contributed by atoms with Crippen LogP contribution in [0.3, 0.4) is 0 Å². The molecule has 0 heterocycles. The summed E-state index contributed by atoms with van der Waals surface area (Å²) in [6.07, 6.45) is 14.3. The van der Waals surface area contributed by atoms with E-state index < -0.39 is 5.60 Å². The van der Waals surface area contributed by atoms with Crippen LogP contribution in [0.15, 0.2) is 30.3 Å². The van der Waals surface area contributed by atoms with Gasteiger partial charge in [-0.3, -0.25) is 0 Å². The second-order valence-electron chi connectivity index (χ2n) is 8.75. The van der Waals surface area contributed by atoms with Crippen molar-refractivity contribution < 1.29 is 9.53 Å². The van der Waals surface area contributed by atoms with Gasteiger partial charge in [0.2, 0.25) is 0 Å². The first-order valence-electron chi connectivity index (χ1n) is 10.4. The number of benzene rings is 1. The Labute approximate surface area is 160 Å². The lowest BCUT2D eigenvalue weighted by Gasteiger charge is -2.29. The number of hydrogen-bond donors (Lipinski definition) is 0. The van der Waals surface area contributed by atoms with E-state index in [0.717, 1.165) is 11.5 Å². The van der Waals surface area contributed by atoms with Gasteiger partial charge in [-0.15, -0.1) is 0 Å². The number of hydrogen-bond acceptors (Lipinski definition) is 2. The molecule has 1 aromatic rings. The molecule has 0 amide bonds. The van der Waals surface area contributed by atoms with Gasteiger partial charge in [-0.05, 0) is 75.5 Å². The second kappa shape index (κ2) is 9.94. The molecular formula is C24H36O2. The van der Waals surface area contributed by atoms with Crippen LogP contribution in [-0.4, -0.2) is 11.6 Å². The third-order valence-electron chi connectivity index (χ3n) is 5.29. The van der Waals surface area contributed by atoms with Gasteiger partial charge in [0.25, 0.3) is 0 Å². The van der Waals surface area contributed by atoms with Gasteiger partial charge in [0.05, 0.1) is 0 Å². The highest BCUT2D eigenvalue weighted by molar-refractivity contribution is 5.87. The zero-order chi connectivity index (χ0) is 19.0. The molecule has 1 aliphatic rings. The molecule has 1 saturated carbocycles. The molecule has 0 N–H and O–H groups in total. The van der Waals surface area contributed by atoms with Gasteiger partial charge in [0.15, 0.2) is 0 Å². The second-order valence-corrected chi connectivity index (χ2v) is 8.75. The summed E-state index contributed by atoms with van der Waals surface area (Å²) in [5.74, 6) is 1.37. The number of esters is 1. The molecule has 0 saturated heterocycles. The van der Waals surface area contributed by atoms with Gasteiger partial charge >= 0.3 is 5.97 Å². The average Bonchev–Trinajstić information content (AvgIpc) is 2.60. The van der Waals surface area contributed by atoms with Crippen molar-refractivity contribution >= 4 is 12.0 Å². The highest BCUT2D eigenvalue weighted by Crippen LogP contribution is 2.37. The van der Waals surface area contributed by atoms with Crippen LogP contribution in [0.4, 0.5) is 0 Å². The topological polar surface area (TPSA) is 26.3 Å². The molecule has 2 nitrogen and oxygen atoms in total. The molecular weight excluding hydrogens is 320 g/mol. The van der Waals surface area contributed by atoms with Crippen LogP contribution in [-0.2, 0) is 9.53 Å². The molecule has 1 fully saturated rings. The van der Waals surface area contributed by atoms with Crippen molar-refractivity contribution in [2.45, 2.75) is 90.6 Å². The Balaban J connectivity index is 1.81. The monoisotopic (exact) mass is 356 g/mol. The van der Waals surface area contributed by atoms with Crippen molar-refractivity contribution in [2.24, 2.45) is 5.92 Å². The Morgan fingerprint density at radius 3 is 2.31 bits per heavy atom. The predicted octanol–water partition coefficient (Wildman–Crippen LogP) is 6.90. The molecule has 0 spiro atoms. The standard InChI is InChI=1S/C24H36O2/c1-5-6-7-8-19-9-14-21(15-10-19)22-16-11-20(12-17-22)13-18-23(25)26-24(2,3)4/h11-13,16-19,21H,5-10,14-15H2,1-4H3/b18-13+. The number of rotatable bonds is 7. The van der Waals surface area contributed by atoms with Crippen molar-refractivity contribution in [1.82, 2.24) is 0 Å². The van der Waals surface area contributed by atoms with Gasteiger partial charge in [-0.1, -0.05) is 56.9 Å². The Bertz CT molecular complexity index is 569. The maximum atomic E-state index is 11.8. The lowest BCUT2D eigenvalue weighted by Crippen LogP contribution is -2.22. The zero-order valence-electron chi connectivity index (χ0n) is 17.1. The summed E-state index contributed by atoms with van der Waals surface area (Å²) in [5.41, 5.74) is 2.06. The Kier molecular flexibility index (Phi) is 7.93. The van der Waals surface area contributed by atoms with Gasteiger partial charge in [0, 0.05) is 6.08 Å².